The van der Waals surface area contributed by atoms with Crippen molar-refractivity contribution in [3.63, 3.8) is 0 Å². The number of aliphatic imine (C=N–C) groups is 1. The molecule has 3 N–H and O–H groups in total. The fourth-order valence-electron chi connectivity index (χ4n) is 2.62. The highest BCUT2D eigenvalue weighted by Crippen LogP contribution is 2.38. The fourth-order valence-corrected chi connectivity index (χ4v) is 2.62. The Morgan fingerprint density at radius 1 is 1.23 bits per heavy atom. The molecule has 3 rings (SSSR count). The van der Waals surface area contributed by atoms with Gasteiger partial charge in [0, 0.05) is 31.1 Å². The van der Waals surface area contributed by atoms with Gasteiger partial charge < -0.3 is 20.5 Å². The summed E-state index contributed by atoms with van der Waals surface area (Å²) in [5.74, 6) is 1.73. The topological polar surface area (TPSA) is 68.9 Å². The second-order valence-corrected chi connectivity index (χ2v) is 5.86. The van der Waals surface area contributed by atoms with Gasteiger partial charge in [0.05, 0.1) is 13.2 Å². The van der Waals surface area contributed by atoms with Gasteiger partial charge in [-0.3, -0.25) is 4.99 Å². The van der Waals surface area contributed by atoms with Crippen molar-refractivity contribution in [3.05, 3.63) is 18.2 Å². The van der Waals surface area contributed by atoms with Gasteiger partial charge in [0.15, 0.2) is 17.5 Å². The van der Waals surface area contributed by atoms with E-state index in [-0.39, 0.29) is 5.96 Å². The van der Waals surface area contributed by atoms with Crippen molar-refractivity contribution in [2.24, 2.45) is 10.7 Å². The summed E-state index contributed by atoms with van der Waals surface area (Å²) < 4.78 is 25.0. The lowest BCUT2D eigenvalue weighted by molar-refractivity contribution is 0.0568. The number of halogens is 1. The molecule has 1 heterocycles. The van der Waals surface area contributed by atoms with Crippen LogP contribution >= 0.6 is 0 Å². The van der Waals surface area contributed by atoms with E-state index in [4.69, 9.17) is 15.2 Å². The van der Waals surface area contributed by atoms with Crippen molar-refractivity contribution in [3.8, 4) is 11.5 Å². The van der Waals surface area contributed by atoms with Gasteiger partial charge in [-0.2, -0.15) is 0 Å². The van der Waals surface area contributed by atoms with Crippen LogP contribution in [0.1, 0.15) is 32.1 Å². The Bertz CT molecular complexity index is 558. The molecule has 1 fully saturated rings. The molecule has 1 aromatic rings. The number of fused-ring (bicyclic) bond motifs is 1. The van der Waals surface area contributed by atoms with Gasteiger partial charge in [0.25, 0.3) is 0 Å². The molecule has 1 saturated carbocycles. The molecular weight excluding hydrogens is 285 g/mol. The van der Waals surface area contributed by atoms with Crippen LogP contribution in [0.25, 0.3) is 0 Å². The Labute approximate surface area is 129 Å². The molecule has 1 aliphatic carbocycles. The minimum atomic E-state index is -1.01. The van der Waals surface area contributed by atoms with E-state index in [1.165, 1.54) is 0 Å². The molecule has 22 heavy (non-hydrogen) atoms. The van der Waals surface area contributed by atoms with Gasteiger partial charge in [0.1, 0.15) is 5.67 Å². The minimum absolute atomic E-state index is 0.289. The highest BCUT2D eigenvalue weighted by atomic mass is 19.1. The third-order valence-corrected chi connectivity index (χ3v) is 4.11. The summed E-state index contributed by atoms with van der Waals surface area (Å²) in [7, 11) is 0. The second kappa shape index (κ2) is 6.42. The average Bonchev–Trinajstić information content (AvgIpc) is 2.70. The van der Waals surface area contributed by atoms with Crippen molar-refractivity contribution in [2.75, 3.05) is 25.1 Å². The maximum atomic E-state index is 13.8. The Balaban J connectivity index is 1.56. The molecule has 0 aromatic heterocycles. The molecule has 0 saturated heterocycles. The molecule has 0 bridgehead atoms. The molecule has 2 aliphatic rings. The van der Waals surface area contributed by atoms with Gasteiger partial charge in [-0.15, -0.1) is 0 Å². The van der Waals surface area contributed by atoms with E-state index in [1.54, 1.807) is 0 Å². The van der Waals surface area contributed by atoms with E-state index in [0.29, 0.717) is 44.8 Å². The number of ether oxygens (including phenoxy) is 2. The summed E-state index contributed by atoms with van der Waals surface area (Å²) >= 11 is 0. The molecule has 1 aromatic carbocycles. The highest BCUT2D eigenvalue weighted by molar-refractivity contribution is 5.92. The van der Waals surface area contributed by atoms with E-state index < -0.39 is 5.67 Å². The van der Waals surface area contributed by atoms with Crippen LogP contribution in [0, 0.1) is 0 Å². The van der Waals surface area contributed by atoms with Crippen LogP contribution in [-0.4, -0.2) is 31.4 Å². The summed E-state index contributed by atoms with van der Waals surface area (Å²) in [6.45, 7) is 1.70. The number of anilines is 1. The summed E-state index contributed by atoms with van der Waals surface area (Å²) in [6, 6.07) is 5.55. The third kappa shape index (κ3) is 3.61. The van der Waals surface area contributed by atoms with Crippen LogP contribution in [0.2, 0.25) is 0 Å². The zero-order chi connectivity index (χ0) is 15.4. The smallest absolute Gasteiger partial charge is 0.193 e. The van der Waals surface area contributed by atoms with E-state index in [9.17, 15) is 4.39 Å². The quantitative estimate of drug-likeness (QED) is 0.663. The van der Waals surface area contributed by atoms with Gasteiger partial charge >= 0.3 is 0 Å². The Hall–Kier alpha value is -1.98. The van der Waals surface area contributed by atoms with Gasteiger partial charge in [-0.1, -0.05) is 0 Å². The number of nitrogens with two attached hydrogens (primary N) is 1. The van der Waals surface area contributed by atoms with Crippen LogP contribution in [0.15, 0.2) is 23.2 Å². The number of alkyl halides is 1. The molecule has 6 heteroatoms. The first-order valence-corrected chi connectivity index (χ1v) is 7.80. The standard InChI is InChI=1S/C16H22FN3O2/c17-16(5-1-6-16)7-8-19-15(18)20-12-3-4-13-14(11-12)22-10-2-9-21-13/h3-4,11H,1-2,5-10H2,(H3,18,19,20). The van der Waals surface area contributed by atoms with Crippen molar-refractivity contribution in [1.82, 2.24) is 0 Å². The molecule has 0 radical (unpaired) electrons. The van der Waals surface area contributed by atoms with Crippen LogP contribution in [-0.2, 0) is 0 Å². The lowest BCUT2D eigenvalue weighted by Crippen LogP contribution is -2.33. The highest BCUT2D eigenvalue weighted by Gasteiger charge is 2.36. The van der Waals surface area contributed by atoms with Crippen molar-refractivity contribution >= 4 is 11.6 Å². The Kier molecular flexibility index (Phi) is 4.36. The Morgan fingerprint density at radius 3 is 2.73 bits per heavy atom. The SMILES string of the molecule is NC(=NCCC1(F)CCC1)Nc1ccc2c(c1)OCCCO2. The number of hydrogen-bond acceptors (Lipinski definition) is 3. The summed E-state index contributed by atoms with van der Waals surface area (Å²) in [5.41, 5.74) is 5.61. The number of guanidine groups is 1. The predicted octanol–water partition coefficient (Wildman–Crippen LogP) is 2.86. The van der Waals surface area contributed by atoms with E-state index >= 15 is 0 Å². The molecule has 120 valence electrons. The summed E-state index contributed by atoms with van der Waals surface area (Å²) in [6.07, 6.45) is 3.59. The van der Waals surface area contributed by atoms with Gasteiger partial charge in [-0.25, -0.2) is 4.39 Å². The third-order valence-electron chi connectivity index (χ3n) is 4.11. The Morgan fingerprint density at radius 2 is 2.00 bits per heavy atom. The lowest BCUT2D eigenvalue weighted by Gasteiger charge is -2.33. The molecule has 0 unspecified atom stereocenters. The van der Waals surface area contributed by atoms with E-state index in [1.807, 2.05) is 18.2 Å². The first kappa shape index (κ1) is 14.9. The van der Waals surface area contributed by atoms with Crippen LogP contribution in [0.5, 0.6) is 11.5 Å². The van der Waals surface area contributed by atoms with Crippen molar-refractivity contribution < 1.29 is 13.9 Å². The molecule has 1 aliphatic heterocycles. The summed E-state index contributed by atoms with van der Waals surface area (Å²) in [5, 5.41) is 3.00. The maximum absolute atomic E-state index is 13.8. The normalized spacial score (nSPS) is 20.0. The number of rotatable bonds is 4. The van der Waals surface area contributed by atoms with Gasteiger partial charge in [-0.05, 0) is 31.4 Å². The van der Waals surface area contributed by atoms with Crippen LogP contribution in [0.4, 0.5) is 10.1 Å². The monoisotopic (exact) mass is 307 g/mol. The molecule has 5 nitrogen and oxygen atoms in total. The average molecular weight is 307 g/mol. The maximum Gasteiger partial charge on any atom is 0.193 e. The second-order valence-electron chi connectivity index (χ2n) is 5.86. The van der Waals surface area contributed by atoms with Crippen molar-refractivity contribution in [1.29, 1.82) is 0 Å². The number of nitrogens with zero attached hydrogens (tertiary/aromatic N) is 1. The largest absolute Gasteiger partial charge is 0.490 e. The minimum Gasteiger partial charge on any atom is -0.490 e. The summed E-state index contributed by atoms with van der Waals surface area (Å²) in [4.78, 5) is 4.19. The van der Waals surface area contributed by atoms with Gasteiger partial charge in [0.2, 0.25) is 0 Å². The number of nitrogens with one attached hydrogen (secondary N) is 1. The lowest BCUT2D eigenvalue weighted by atomic mass is 9.80. The first-order chi connectivity index (χ1) is 10.6. The van der Waals surface area contributed by atoms with E-state index in [2.05, 4.69) is 10.3 Å². The zero-order valence-corrected chi connectivity index (χ0v) is 12.6. The number of hydrogen-bond donors (Lipinski definition) is 2. The zero-order valence-electron chi connectivity index (χ0n) is 12.6. The molecule has 0 atom stereocenters. The molecule has 0 amide bonds. The fraction of sp³-hybridized carbons (Fsp3) is 0.562. The number of benzene rings is 1. The van der Waals surface area contributed by atoms with E-state index in [0.717, 1.165) is 24.3 Å². The first-order valence-electron chi connectivity index (χ1n) is 7.80. The van der Waals surface area contributed by atoms with Crippen molar-refractivity contribution in [2.45, 2.75) is 37.8 Å². The molecule has 0 spiro atoms. The molecular formula is C16H22FN3O2. The van der Waals surface area contributed by atoms with Crippen LogP contribution in [0.3, 0.4) is 0 Å². The van der Waals surface area contributed by atoms with Crippen LogP contribution < -0.4 is 20.5 Å². The predicted molar refractivity (Wildman–Crippen MR) is 84.5 cm³/mol.